The summed E-state index contributed by atoms with van der Waals surface area (Å²) in [4.78, 5) is 0. The van der Waals surface area contributed by atoms with Crippen molar-refractivity contribution in [3.8, 4) is 27.9 Å². The molecule has 0 bridgehead atoms. The summed E-state index contributed by atoms with van der Waals surface area (Å²) in [5.41, 5.74) is 23.5. The van der Waals surface area contributed by atoms with Crippen LogP contribution in [-0.4, -0.2) is 10.6 Å². The third-order valence-corrected chi connectivity index (χ3v) is 12.1. The quantitative estimate of drug-likeness (QED) is 0.178. The number of nitrogens with two attached hydrogens (primary N) is 1. The molecule has 2 aliphatic carbocycles. The summed E-state index contributed by atoms with van der Waals surface area (Å²) in [6.45, 7) is 12.5. The normalized spacial score (nSPS) is 16.5. The molecule has 0 amide bonds. The zero-order chi connectivity index (χ0) is 42.7. The number of aryl methyl sites for hydroxylation is 1. The monoisotopic (exact) mass is 798 g/mol. The number of aromatic nitrogens is 1. The van der Waals surface area contributed by atoms with Crippen LogP contribution in [0.25, 0.3) is 61.4 Å². The fraction of sp³-hybridized carbons (Fsp3) is 0.220. The molecule has 7 aromatic carbocycles. The second kappa shape index (κ2) is 20.4. The molecule has 0 spiro atoms. The van der Waals surface area contributed by atoms with Crippen LogP contribution in [0.2, 0.25) is 0 Å². The summed E-state index contributed by atoms with van der Waals surface area (Å²) >= 11 is 0. The lowest BCUT2D eigenvalue weighted by atomic mass is 9.80. The zero-order valence-corrected chi connectivity index (χ0v) is 37.0. The molecule has 3 atom stereocenters. The lowest BCUT2D eigenvalue weighted by molar-refractivity contribution is 0.552. The van der Waals surface area contributed by atoms with E-state index >= 15 is 0 Å². The lowest BCUT2D eigenvalue weighted by Crippen LogP contribution is -2.30. The highest BCUT2D eigenvalue weighted by Crippen LogP contribution is 2.40. The molecule has 0 saturated heterocycles. The number of fused-ring (bicyclic) bond motifs is 4. The molecule has 8 aromatic rings. The SMILES string of the molecule is CC.CC.CC1CC=Cc2cccc(-n3c4ccccc4c4cc(-c5ccc(-c6ccccc6)cc5)ccc43)c21.CCc1ccc(C2C=C(c3ccccc3)CCC2N)cc1. The Balaban J connectivity index is 0.000000192. The van der Waals surface area contributed by atoms with Crippen molar-refractivity contribution >= 4 is 33.5 Å². The van der Waals surface area contributed by atoms with Crippen molar-refractivity contribution in [1.29, 1.82) is 0 Å². The van der Waals surface area contributed by atoms with Crippen molar-refractivity contribution in [1.82, 2.24) is 4.57 Å². The predicted molar refractivity (Wildman–Crippen MR) is 267 cm³/mol. The van der Waals surface area contributed by atoms with Crippen LogP contribution >= 0.6 is 0 Å². The minimum Gasteiger partial charge on any atom is -0.327 e. The van der Waals surface area contributed by atoms with E-state index in [0.717, 1.165) is 25.7 Å². The Bertz CT molecular complexity index is 2700. The summed E-state index contributed by atoms with van der Waals surface area (Å²) in [6, 6.07) is 61.8. The van der Waals surface area contributed by atoms with E-state index < -0.39 is 0 Å². The Morgan fingerprint density at radius 3 is 1.85 bits per heavy atom. The van der Waals surface area contributed by atoms with Crippen LogP contribution in [0.5, 0.6) is 0 Å². The first-order valence-electron chi connectivity index (χ1n) is 22.6. The smallest absolute Gasteiger partial charge is 0.0541 e. The van der Waals surface area contributed by atoms with Gasteiger partial charge in [0.2, 0.25) is 0 Å². The molecule has 2 aliphatic rings. The maximum atomic E-state index is 6.38. The predicted octanol–water partition coefficient (Wildman–Crippen LogP) is 16.2. The second-order valence-corrected chi connectivity index (χ2v) is 15.7. The van der Waals surface area contributed by atoms with Gasteiger partial charge in [0.05, 0.1) is 16.7 Å². The van der Waals surface area contributed by atoms with Gasteiger partial charge in [-0.15, -0.1) is 0 Å². The third-order valence-electron chi connectivity index (χ3n) is 12.1. The molecule has 10 rings (SSSR count). The molecule has 61 heavy (non-hydrogen) atoms. The second-order valence-electron chi connectivity index (χ2n) is 15.7. The summed E-state index contributed by atoms with van der Waals surface area (Å²) in [6.07, 6.45) is 11.3. The first-order valence-corrected chi connectivity index (χ1v) is 22.6. The largest absolute Gasteiger partial charge is 0.327 e. The summed E-state index contributed by atoms with van der Waals surface area (Å²) in [5, 5.41) is 2.60. The Morgan fingerprint density at radius 2 is 1.16 bits per heavy atom. The van der Waals surface area contributed by atoms with Gasteiger partial charge in [-0.25, -0.2) is 0 Å². The van der Waals surface area contributed by atoms with E-state index in [9.17, 15) is 0 Å². The highest BCUT2D eigenvalue weighted by Gasteiger charge is 2.24. The number of hydrogen-bond donors (Lipinski definition) is 1. The summed E-state index contributed by atoms with van der Waals surface area (Å²) in [7, 11) is 0. The molecule has 2 N–H and O–H groups in total. The molecule has 0 fully saturated rings. The van der Waals surface area contributed by atoms with Crippen LogP contribution in [0.1, 0.15) is 100 Å². The molecule has 1 aromatic heterocycles. The molecule has 3 unspecified atom stereocenters. The first-order chi connectivity index (χ1) is 30.1. The van der Waals surface area contributed by atoms with E-state index in [0.29, 0.717) is 11.8 Å². The van der Waals surface area contributed by atoms with Gasteiger partial charge in [0.1, 0.15) is 0 Å². The van der Waals surface area contributed by atoms with Crippen molar-refractivity contribution in [3.63, 3.8) is 0 Å². The number of nitrogens with zero attached hydrogens (tertiary/aromatic N) is 1. The highest BCUT2D eigenvalue weighted by molar-refractivity contribution is 6.10. The average molecular weight is 799 g/mol. The van der Waals surface area contributed by atoms with Crippen LogP contribution < -0.4 is 5.73 Å². The minimum atomic E-state index is 0.227. The molecule has 308 valence electrons. The van der Waals surface area contributed by atoms with Crippen molar-refractivity contribution in [2.45, 2.75) is 85.1 Å². The Kier molecular flexibility index (Phi) is 14.3. The number of para-hydroxylation sites is 1. The van der Waals surface area contributed by atoms with E-state index in [-0.39, 0.29) is 6.04 Å². The third kappa shape index (κ3) is 9.26. The first kappa shape index (κ1) is 42.9. The van der Waals surface area contributed by atoms with Crippen molar-refractivity contribution in [2.24, 2.45) is 5.73 Å². The van der Waals surface area contributed by atoms with Crippen molar-refractivity contribution < 1.29 is 0 Å². The molecular formula is C59H62N2. The number of benzene rings is 7. The Labute approximate surface area is 365 Å². The van der Waals surface area contributed by atoms with Gasteiger partial charge in [0, 0.05) is 22.7 Å². The zero-order valence-electron chi connectivity index (χ0n) is 37.0. The minimum absolute atomic E-state index is 0.227. The van der Waals surface area contributed by atoms with Crippen LogP contribution in [0.4, 0.5) is 0 Å². The fourth-order valence-electron chi connectivity index (χ4n) is 9.00. The molecule has 0 radical (unpaired) electrons. The molecule has 2 heteroatoms. The van der Waals surface area contributed by atoms with E-state index in [1.165, 1.54) is 83.1 Å². The van der Waals surface area contributed by atoms with Gasteiger partial charge in [-0.3, -0.25) is 0 Å². The topological polar surface area (TPSA) is 30.9 Å². The van der Waals surface area contributed by atoms with Crippen LogP contribution in [0, 0.1) is 0 Å². The van der Waals surface area contributed by atoms with Gasteiger partial charge >= 0.3 is 0 Å². The van der Waals surface area contributed by atoms with Crippen LogP contribution in [0.15, 0.2) is 182 Å². The van der Waals surface area contributed by atoms with Gasteiger partial charge in [-0.1, -0.05) is 205 Å². The summed E-state index contributed by atoms with van der Waals surface area (Å²) in [5.74, 6) is 0.833. The highest BCUT2D eigenvalue weighted by atomic mass is 15.0. The fourth-order valence-corrected chi connectivity index (χ4v) is 9.00. The van der Waals surface area contributed by atoms with E-state index in [2.05, 4.69) is 207 Å². The van der Waals surface area contributed by atoms with Crippen molar-refractivity contribution in [3.05, 3.63) is 210 Å². The standard InChI is InChI=1S/C35H27N.C20H23N.2C2H6/c1-24-9-7-12-28-13-8-16-34(35(24)28)36-32-15-6-5-14-30(32)31-23-29(21-22-33(31)36)27-19-17-26(18-20-27)25-10-3-2-4-11-25;1-2-15-8-10-17(11-9-15)19-14-18(12-13-20(19)21)16-6-4-3-5-7-16;2*1-2/h2-8,10-24H,9H2,1H3;3-11,14,19-20H,2,12-13,21H2,1H3;2*1-2H3. The molecule has 2 nitrogen and oxygen atoms in total. The van der Waals surface area contributed by atoms with Gasteiger partial charge < -0.3 is 10.3 Å². The summed E-state index contributed by atoms with van der Waals surface area (Å²) < 4.78 is 2.47. The van der Waals surface area contributed by atoms with Gasteiger partial charge in [0.25, 0.3) is 0 Å². The van der Waals surface area contributed by atoms with Crippen LogP contribution in [-0.2, 0) is 6.42 Å². The molecule has 1 heterocycles. The van der Waals surface area contributed by atoms with Crippen LogP contribution in [0.3, 0.4) is 0 Å². The number of allylic oxidation sites excluding steroid dienone is 2. The van der Waals surface area contributed by atoms with E-state index in [1.807, 2.05) is 27.7 Å². The van der Waals surface area contributed by atoms with Gasteiger partial charge in [-0.05, 0) is 112 Å². The maximum Gasteiger partial charge on any atom is 0.0541 e. The molecule has 0 saturated carbocycles. The lowest BCUT2D eigenvalue weighted by Gasteiger charge is -2.28. The Morgan fingerprint density at radius 1 is 0.574 bits per heavy atom. The number of rotatable bonds is 6. The van der Waals surface area contributed by atoms with Crippen molar-refractivity contribution in [2.75, 3.05) is 0 Å². The van der Waals surface area contributed by atoms with E-state index in [4.69, 9.17) is 5.73 Å². The molecule has 0 aliphatic heterocycles. The number of hydrogen-bond acceptors (Lipinski definition) is 1. The van der Waals surface area contributed by atoms with E-state index in [1.54, 1.807) is 0 Å². The average Bonchev–Trinajstić information content (AvgIpc) is 3.67. The molecular weight excluding hydrogens is 737 g/mol. The van der Waals surface area contributed by atoms with Gasteiger partial charge in [-0.2, -0.15) is 0 Å². The maximum absolute atomic E-state index is 6.38. The Hall–Kier alpha value is -6.22. The van der Waals surface area contributed by atoms with Gasteiger partial charge in [0.15, 0.2) is 0 Å².